The summed E-state index contributed by atoms with van der Waals surface area (Å²) < 4.78 is 0. The van der Waals surface area contributed by atoms with E-state index in [1.54, 1.807) is 48.8 Å². The monoisotopic (exact) mass is 256 g/mol. The predicted molar refractivity (Wildman–Crippen MR) is 71.1 cm³/mol. The van der Waals surface area contributed by atoms with E-state index in [1.807, 2.05) is 0 Å². The topological polar surface area (TPSA) is 101 Å². The Kier molecular flexibility index (Phi) is 3.72. The van der Waals surface area contributed by atoms with Gasteiger partial charge in [0.25, 0.3) is 5.91 Å². The molecule has 96 valence electrons. The first-order valence-electron chi connectivity index (χ1n) is 5.50. The molecule has 1 aromatic heterocycles. The van der Waals surface area contributed by atoms with Gasteiger partial charge in [0.2, 0.25) is 0 Å². The number of nitrogens with zero attached hydrogens (tertiary/aromatic N) is 2. The second-order valence-corrected chi connectivity index (χ2v) is 3.76. The van der Waals surface area contributed by atoms with E-state index in [0.717, 1.165) is 0 Å². The van der Waals surface area contributed by atoms with Crippen LogP contribution in [0.25, 0.3) is 0 Å². The number of hydrogen-bond donors (Lipinski definition) is 3. The Balaban J connectivity index is 2.12. The number of rotatable bonds is 3. The predicted octanol–water partition coefficient (Wildman–Crippen LogP) is 1.43. The van der Waals surface area contributed by atoms with Crippen molar-refractivity contribution in [2.45, 2.75) is 0 Å². The first-order chi connectivity index (χ1) is 9.20. The Morgan fingerprint density at radius 1 is 1.21 bits per heavy atom. The van der Waals surface area contributed by atoms with Crippen molar-refractivity contribution in [3.05, 3.63) is 59.9 Å². The van der Waals surface area contributed by atoms with E-state index in [9.17, 15) is 4.79 Å². The van der Waals surface area contributed by atoms with Crippen LogP contribution in [0.1, 0.15) is 15.9 Å². The third kappa shape index (κ3) is 3.06. The van der Waals surface area contributed by atoms with E-state index in [0.29, 0.717) is 16.8 Å². The maximum absolute atomic E-state index is 11.9. The minimum Gasteiger partial charge on any atom is -0.409 e. The Bertz CT molecular complexity index is 594. The minimum absolute atomic E-state index is 0.000725. The van der Waals surface area contributed by atoms with Crippen LogP contribution in [0.15, 0.2) is 53.9 Å². The quantitative estimate of drug-likeness (QED) is 0.334. The summed E-state index contributed by atoms with van der Waals surface area (Å²) in [6.07, 6.45) is 3.18. The average molecular weight is 256 g/mol. The van der Waals surface area contributed by atoms with E-state index >= 15 is 0 Å². The van der Waals surface area contributed by atoms with Gasteiger partial charge in [-0.3, -0.25) is 9.78 Å². The van der Waals surface area contributed by atoms with Gasteiger partial charge in [0.15, 0.2) is 5.84 Å². The number of carbonyl (C=O) groups excluding carboxylic acids is 1. The lowest BCUT2D eigenvalue weighted by Crippen LogP contribution is -2.15. The van der Waals surface area contributed by atoms with Crippen LogP contribution in [-0.4, -0.2) is 21.9 Å². The molecule has 0 fully saturated rings. The van der Waals surface area contributed by atoms with Crippen LogP contribution in [0, 0.1) is 0 Å². The van der Waals surface area contributed by atoms with Crippen LogP contribution in [0.2, 0.25) is 0 Å². The smallest absolute Gasteiger partial charge is 0.255 e. The van der Waals surface area contributed by atoms with Crippen LogP contribution >= 0.6 is 0 Å². The third-order valence-electron chi connectivity index (χ3n) is 2.47. The second-order valence-electron chi connectivity index (χ2n) is 3.76. The molecule has 0 spiro atoms. The maximum Gasteiger partial charge on any atom is 0.255 e. The highest BCUT2D eigenvalue weighted by atomic mass is 16.4. The Morgan fingerprint density at radius 3 is 2.47 bits per heavy atom. The fourth-order valence-electron chi connectivity index (χ4n) is 1.49. The molecule has 0 saturated carbocycles. The van der Waals surface area contributed by atoms with Crippen molar-refractivity contribution in [1.82, 2.24) is 4.98 Å². The molecular formula is C13H12N4O2. The molecule has 0 aliphatic heterocycles. The van der Waals surface area contributed by atoms with Crippen molar-refractivity contribution in [3.63, 3.8) is 0 Å². The van der Waals surface area contributed by atoms with Crippen LogP contribution < -0.4 is 11.1 Å². The molecule has 1 aromatic carbocycles. The van der Waals surface area contributed by atoms with Gasteiger partial charge in [0.1, 0.15) is 0 Å². The minimum atomic E-state index is -0.251. The Morgan fingerprint density at radius 2 is 1.89 bits per heavy atom. The van der Waals surface area contributed by atoms with Crippen molar-refractivity contribution in [3.8, 4) is 0 Å². The zero-order valence-corrected chi connectivity index (χ0v) is 9.95. The second kappa shape index (κ2) is 5.63. The Hall–Kier alpha value is -2.89. The number of oxime groups is 1. The number of nitrogens with two attached hydrogens (primary N) is 1. The molecule has 1 heterocycles. The van der Waals surface area contributed by atoms with Gasteiger partial charge in [-0.05, 0) is 24.3 Å². The van der Waals surface area contributed by atoms with E-state index in [4.69, 9.17) is 10.9 Å². The molecule has 19 heavy (non-hydrogen) atoms. The molecule has 0 aliphatic rings. The van der Waals surface area contributed by atoms with Gasteiger partial charge in [-0.1, -0.05) is 17.3 Å². The average Bonchev–Trinajstić information content (AvgIpc) is 2.47. The summed E-state index contributed by atoms with van der Waals surface area (Å²) in [5, 5.41) is 14.1. The first kappa shape index (κ1) is 12.6. The molecule has 0 atom stereocenters. The lowest BCUT2D eigenvalue weighted by molar-refractivity contribution is 0.102. The number of anilines is 1. The van der Waals surface area contributed by atoms with Crippen molar-refractivity contribution < 1.29 is 10.0 Å². The van der Waals surface area contributed by atoms with Gasteiger partial charge in [-0.15, -0.1) is 0 Å². The molecule has 0 unspecified atom stereocenters. The van der Waals surface area contributed by atoms with Crippen LogP contribution in [0.5, 0.6) is 0 Å². The molecule has 4 N–H and O–H groups in total. The van der Waals surface area contributed by atoms with Gasteiger partial charge in [0, 0.05) is 17.3 Å². The van der Waals surface area contributed by atoms with E-state index < -0.39 is 0 Å². The third-order valence-corrected chi connectivity index (χ3v) is 2.47. The fraction of sp³-hybridized carbons (Fsp3) is 0. The SMILES string of the molecule is N/C(=N\O)c1ccc(C(=O)Nc2cccnc2)cc1. The lowest BCUT2D eigenvalue weighted by Gasteiger charge is -2.05. The number of amides is 1. The number of amidine groups is 1. The summed E-state index contributed by atoms with van der Waals surface area (Å²) in [5.41, 5.74) is 7.07. The molecule has 6 heteroatoms. The van der Waals surface area contributed by atoms with Gasteiger partial charge in [-0.2, -0.15) is 0 Å². The summed E-state index contributed by atoms with van der Waals surface area (Å²) in [5.74, 6) is -0.252. The highest BCUT2D eigenvalue weighted by Gasteiger charge is 2.07. The molecule has 2 aromatic rings. The van der Waals surface area contributed by atoms with Crippen molar-refractivity contribution >= 4 is 17.4 Å². The van der Waals surface area contributed by atoms with Crippen molar-refractivity contribution in [2.75, 3.05) is 5.32 Å². The number of nitrogens with one attached hydrogen (secondary N) is 1. The highest BCUT2D eigenvalue weighted by Crippen LogP contribution is 2.08. The summed E-state index contributed by atoms with van der Waals surface area (Å²) in [7, 11) is 0. The number of carbonyl (C=O) groups is 1. The normalized spacial score (nSPS) is 11.1. The largest absolute Gasteiger partial charge is 0.409 e. The van der Waals surface area contributed by atoms with Crippen LogP contribution in [0.4, 0.5) is 5.69 Å². The maximum atomic E-state index is 11.9. The fourth-order valence-corrected chi connectivity index (χ4v) is 1.49. The summed E-state index contributed by atoms with van der Waals surface area (Å²) in [6.45, 7) is 0. The summed E-state index contributed by atoms with van der Waals surface area (Å²) in [6, 6.07) is 9.88. The first-order valence-corrected chi connectivity index (χ1v) is 5.50. The molecule has 0 saturated heterocycles. The van der Waals surface area contributed by atoms with Gasteiger partial charge < -0.3 is 16.3 Å². The molecule has 0 bridgehead atoms. The standard InChI is InChI=1S/C13H12N4O2/c14-12(17-19)9-3-5-10(6-4-9)13(18)16-11-2-1-7-15-8-11/h1-8,19H,(H2,14,17)(H,16,18). The lowest BCUT2D eigenvalue weighted by atomic mass is 10.1. The molecule has 2 rings (SSSR count). The van der Waals surface area contributed by atoms with Crippen molar-refractivity contribution in [2.24, 2.45) is 10.9 Å². The zero-order valence-electron chi connectivity index (χ0n) is 9.95. The van der Waals surface area contributed by atoms with Gasteiger partial charge >= 0.3 is 0 Å². The molecule has 6 nitrogen and oxygen atoms in total. The van der Waals surface area contributed by atoms with Gasteiger partial charge in [0.05, 0.1) is 11.9 Å². The Labute approximate surface area is 109 Å². The van der Waals surface area contributed by atoms with Crippen LogP contribution in [0.3, 0.4) is 0 Å². The van der Waals surface area contributed by atoms with E-state index in [2.05, 4.69) is 15.5 Å². The van der Waals surface area contributed by atoms with Crippen molar-refractivity contribution in [1.29, 1.82) is 0 Å². The number of pyridine rings is 1. The van der Waals surface area contributed by atoms with E-state index in [1.165, 1.54) is 0 Å². The number of aromatic nitrogens is 1. The molecular weight excluding hydrogens is 244 g/mol. The van der Waals surface area contributed by atoms with Gasteiger partial charge in [-0.25, -0.2) is 0 Å². The number of hydrogen-bond acceptors (Lipinski definition) is 4. The highest BCUT2D eigenvalue weighted by molar-refractivity contribution is 6.05. The molecule has 1 amide bonds. The zero-order chi connectivity index (χ0) is 13.7. The summed E-state index contributed by atoms with van der Waals surface area (Å²) >= 11 is 0. The molecule has 0 radical (unpaired) electrons. The molecule has 0 aliphatic carbocycles. The summed E-state index contributed by atoms with van der Waals surface area (Å²) in [4.78, 5) is 15.8. The number of benzene rings is 1. The van der Waals surface area contributed by atoms with E-state index in [-0.39, 0.29) is 11.7 Å². The van der Waals surface area contributed by atoms with Crippen LogP contribution in [-0.2, 0) is 0 Å².